The maximum Gasteiger partial charge on any atom is 0.471 e. The zero-order valence-electron chi connectivity index (χ0n) is 14.2. The van der Waals surface area contributed by atoms with Gasteiger partial charge in [0, 0.05) is 11.8 Å². The number of alkyl halides is 3. The Hall–Kier alpha value is -3.67. The summed E-state index contributed by atoms with van der Waals surface area (Å²) in [5.41, 5.74) is 0.943. The number of hydrogen-bond acceptors (Lipinski definition) is 6. The number of pyridine rings is 1. The second-order valence-corrected chi connectivity index (χ2v) is 5.56. The van der Waals surface area contributed by atoms with Gasteiger partial charge in [0.1, 0.15) is 0 Å². The molecule has 0 unspecified atom stereocenters. The van der Waals surface area contributed by atoms with Crippen molar-refractivity contribution >= 4 is 5.97 Å². The van der Waals surface area contributed by atoms with Gasteiger partial charge in [-0.05, 0) is 24.3 Å². The molecule has 0 amide bonds. The number of carbonyl (C=O) groups is 1. The van der Waals surface area contributed by atoms with Crippen LogP contribution in [-0.2, 0) is 10.9 Å². The molecule has 2 heterocycles. The second kappa shape index (κ2) is 7.92. The van der Waals surface area contributed by atoms with E-state index >= 15 is 0 Å². The van der Waals surface area contributed by atoms with Crippen LogP contribution < -0.4 is 0 Å². The molecule has 0 N–H and O–H groups in total. The maximum absolute atomic E-state index is 12.5. The lowest BCUT2D eigenvalue weighted by Gasteiger charge is -2.15. The number of aromatic nitrogens is 3. The molecule has 0 aliphatic rings. The Morgan fingerprint density at radius 3 is 2.54 bits per heavy atom. The first-order chi connectivity index (χ1) is 13.4. The molecular weight excluding hydrogens is 375 g/mol. The Labute approximate surface area is 157 Å². The summed E-state index contributed by atoms with van der Waals surface area (Å²) in [7, 11) is 0. The number of rotatable bonds is 5. The first kappa shape index (κ1) is 19.1. The summed E-state index contributed by atoms with van der Waals surface area (Å²) in [6.07, 6.45) is 1.58. The van der Waals surface area contributed by atoms with E-state index in [1.165, 1.54) is 24.3 Å². The average molecular weight is 387 g/mol. The molecule has 6 nitrogen and oxygen atoms in total. The fourth-order valence-corrected chi connectivity index (χ4v) is 2.29. The van der Waals surface area contributed by atoms with Crippen LogP contribution in [0.15, 0.2) is 53.2 Å². The minimum atomic E-state index is -4.73. The summed E-state index contributed by atoms with van der Waals surface area (Å²) in [6, 6.07) is 10.7. The highest BCUT2D eigenvalue weighted by Crippen LogP contribution is 2.29. The summed E-state index contributed by atoms with van der Waals surface area (Å²) >= 11 is 0. The summed E-state index contributed by atoms with van der Waals surface area (Å²) < 4.78 is 47.2. The molecule has 142 valence electrons. The van der Waals surface area contributed by atoms with Gasteiger partial charge in [0.05, 0.1) is 17.7 Å². The van der Waals surface area contributed by atoms with Gasteiger partial charge in [0.25, 0.3) is 0 Å². The molecule has 1 atom stereocenters. The summed E-state index contributed by atoms with van der Waals surface area (Å²) in [6.45, 7) is 0. The van der Waals surface area contributed by atoms with Crippen LogP contribution in [0, 0.1) is 12.3 Å². The maximum atomic E-state index is 12.5. The average Bonchev–Trinajstić information content (AvgIpc) is 3.19. The van der Waals surface area contributed by atoms with Crippen molar-refractivity contribution in [2.45, 2.75) is 18.7 Å². The molecular formula is C19H12F3N3O3. The number of ether oxygens (including phenoxy) is 1. The van der Waals surface area contributed by atoms with Gasteiger partial charge < -0.3 is 9.26 Å². The van der Waals surface area contributed by atoms with Crippen molar-refractivity contribution in [3.63, 3.8) is 0 Å². The highest BCUT2D eigenvalue weighted by atomic mass is 19.4. The van der Waals surface area contributed by atoms with Crippen LogP contribution in [0.1, 0.15) is 34.5 Å². The molecule has 0 saturated carbocycles. The van der Waals surface area contributed by atoms with Crippen molar-refractivity contribution < 1.29 is 27.2 Å². The van der Waals surface area contributed by atoms with Crippen LogP contribution in [0.3, 0.4) is 0 Å². The lowest BCUT2D eigenvalue weighted by Crippen LogP contribution is -2.12. The van der Waals surface area contributed by atoms with E-state index in [-0.39, 0.29) is 23.4 Å². The number of halogens is 3. The van der Waals surface area contributed by atoms with E-state index in [1.807, 2.05) is 0 Å². The zero-order valence-corrected chi connectivity index (χ0v) is 14.2. The first-order valence-corrected chi connectivity index (χ1v) is 7.95. The Morgan fingerprint density at radius 1 is 1.21 bits per heavy atom. The lowest BCUT2D eigenvalue weighted by atomic mass is 10.1. The number of nitrogens with zero attached hydrogens (tertiary/aromatic N) is 3. The van der Waals surface area contributed by atoms with Crippen molar-refractivity contribution in [2.24, 2.45) is 0 Å². The molecule has 2 aromatic heterocycles. The minimum Gasteiger partial charge on any atom is -0.451 e. The van der Waals surface area contributed by atoms with E-state index in [4.69, 9.17) is 11.2 Å². The van der Waals surface area contributed by atoms with Crippen LogP contribution >= 0.6 is 0 Å². The number of carbonyl (C=O) groups excluding carboxylic acids is 1. The van der Waals surface area contributed by atoms with Gasteiger partial charge in [-0.2, -0.15) is 18.2 Å². The first-order valence-electron chi connectivity index (χ1n) is 7.95. The smallest absolute Gasteiger partial charge is 0.451 e. The highest BCUT2D eigenvalue weighted by molar-refractivity contribution is 5.90. The monoisotopic (exact) mass is 387 g/mol. The summed E-state index contributed by atoms with van der Waals surface area (Å²) in [5, 5.41) is 3.29. The van der Waals surface area contributed by atoms with E-state index in [0.29, 0.717) is 5.69 Å². The third kappa shape index (κ3) is 4.35. The zero-order chi connectivity index (χ0) is 20.1. The third-order valence-corrected chi connectivity index (χ3v) is 3.62. The van der Waals surface area contributed by atoms with Crippen LogP contribution in [-0.4, -0.2) is 21.1 Å². The van der Waals surface area contributed by atoms with E-state index in [0.717, 1.165) is 0 Å². The number of hydrogen-bond donors (Lipinski definition) is 0. The second-order valence-electron chi connectivity index (χ2n) is 5.56. The third-order valence-electron chi connectivity index (χ3n) is 3.62. The quantitative estimate of drug-likeness (QED) is 0.485. The van der Waals surface area contributed by atoms with Gasteiger partial charge in [-0.25, -0.2) is 4.79 Å². The van der Waals surface area contributed by atoms with E-state index in [1.54, 1.807) is 24.4 Å². The number of esters is 1. The van der Waals surface area contributed by atoms with Crippen LogP contribution in [0.4, 0.5) is 13.2 Å². The van der Waals surface area contributed by atoms with Crippen molar-refractivity contribution in [3.8, 4) is 23.7 Å². The largest absolute Gasteiger partial charge is 0.471 e. The van der Waals surface area contributed by atoms with Gasteiger partial charge in [0.15, 0.2) is 6.10 Å². The Balaban J connectivity index is 1.74. The van der Waals surface area contributed by atoms with Gasteiger partial charge in [-0.15, -0.1) is 12.3 Å². The highest BCUT2D eigenvalue weighted by Gasteiger charge is 2.38. The Kier molecular flexibility index (Phi) is 5.40. The van der Waals surface area contributed by atoms with Gasteiger partial charge >= 0.3 is 18.0 Å². The summed E-state index contributed by atoms with van der Waals surface area (Å²) in [5.74, 6) is 0.0904. The van der Waals surface area contributed by atoms with Gasteiger partial charge in [0.2, 0.25) is 5.82 Å². The lowest BCUT2D eigenvalue weighted by molar-refractivity contribution is -0.159. The van der Waals surface area contributed by atoms with Crippen LogP contribution in [0.25, 0.3) is 11.4 Å². The van der Waals surface area contributed by atoms with Crippen molar-refractivity contribution in [3.05, 3.63) is 65.8 Å². The molecule has 0 saturated heterocycles. The molecule has 0 radical (unpaired) electrons. The molecule has 9 heteroatoms. The van der Waals surface area contributed by atoms with E-state index in [2.05, 4.69) is 25.6 Å². The molecule has 0 fully saturated rings. The molecule has 0 bridgehead atoms. The van der Waals surface area contributed by atoms with Crippen molar-refractivity contribution in [1.82, 2.24) is 15.1 Å². The van der Waals surface area contributed by atoms with Crippen LogP contribution in [0.5, 0.6) is 0 Å². The van der Waals surface area contributed by atoms with Crippen molar-refractivity contribution in [2.75, 3.05) is 0 Å². The fraction of sp³-hybridized carbons (Fsp3) is 0.158. The summed E-state index contributed by atoms with van der Waals surface area (Å²) in [4.78, 5) is 19.8. The van der Waals surface area contributed by atoms with Gasteiger partial charge in [-0.3, -0.25) is 4.98 Å². The Morgan fingerprint density at radius 2 is 1.96 bits per heavy atom. The van der Waals surface area contributed by atoms with E-state index < -0.39 is 24.1 Å². The molecule has 28 heavy (non-hydrogen) atoms. The molecule has 3 rings (SSSR count). The standard InChI is InChI=1S/C19H12F3N3O3/c1-2-5-15(14-6-3-4-11-23-14)27-17(26)13-9-7-12(8-10-13)16-24-18(28-25-16)19(20,21)22/h1,3-4,6-11,15H,5H2/t15-/m1/s1. The van der Waals surface area contributed by atoms with Crippen molar-refractivity contribution in [1.29, 1.82) is 0 Å². The number of benzene rings is 1. The normalized spacial score (nSPS) is 12.2. The molecule has 3 aromatic rings. The molecule has 1 aromatic carbocycles. The fourth-order valence-electron chi connectivity index (χ4n) is 2.29. The predicted octanol–water partition coefficient (Wildman–Crippen LogP) is 4.07. The van der Waals surface area contributed by atoms with Gasteiger partial charge in [-0.1, -0.05) is 23.4 Å². The molecule has 0 spiro atoms. The minimum absolute atomic E-state index is 0.143. The predicted molar refractivity (Wildman–Crippen MR) is 90.6 cm³/mol. The SMILES string of the molecule is C#CC[C@@H](OC(=O)c1ccc(-c2noc(C(F)(F)F)n2)cc1)c1ccccn1. The van der Waals surface area contributed by atoms with Crippen LogP contribution in [0.2, 0.25) is 0 Å². The Bertz CT molecular complexity index is 993. The van der Waals surface area contributed by atoms with E-state index in [9.17, 15) is 18.0 Å². The number of terminal acetylenes is 1. The topological polar surface area (TPSA) is 78.1 Å². The molecule has 0 aliphatic carbocycles. The molecule has 0 aliphatic heterocycles.